The van der Waals surface area contributed by atoms with E-state index in [1.54, 1.807) is 12.3 Å². The summed E-state index contributed by atoms with van der Waals surface area (Å²) in [5.41, 5.74) is 4.16. The van der Waals surface area contributed by atoms with Crippen LogP contribution in [0.3, 0.4) is 0 Å². The first-order valence-electron chi connectivity index (χ1n) is 8.22. The van der Waals surface area contributed by atoms with Crippen molar-refractivity contribution in [3.63, 3.8) is 0 Å². The van der Waals surface area contributed by atoms with Gasteiger partial charge < -0.3 is 0 Å². The minimum absolute atomic E-state index is 0.252. The molecule has 0 aliphatic heterocycles. The van der Waals surface area contributed by atoms with E-state index in [1.807, 2.05) is 42.5 Å². The molecule has 4 aromatic carbocycles. The van der Waals surface area contributed by atoms with Crippen molar-refractivity contribution in [1.29, 1.82) is 0 Å². The summed E-state index contributed by atoms with van der Waals surface area (Å²) in [6.07, 6.45) is 1.72. The normalized spacial score (nSPS) is 11.3. The fourth-order valence-electron chi connectivity index (χ4n) is 3.05. The second kappa shape index (κ2) is 7.10. The molecule has 0 spiro atoms. The zero-order valence-electron chi connectivity index (χ0n) is 13.8. The molecule has 0 heterocycles. The van der Waals surface area contributed by atoms with E-state index in [0.717, 1.165) is 31.6 Å². The van der Waals surface area contributed by atoms with Crippen LogP contribution in [0.15, 0.2) is 88.4 Å². The van der Waals surface area contributed by atoms with Gasteiger partial charge in [0.1, 0.15) is 0 Å². The van der Waals surface area contributed by atoms with Gasteiger partial charge in [-0.3, -0.25) is 4.79 Å². The van der Waals surface area contributed by atoms with Crippen LogP contribution >= 0.6 is 15.9 Å². The molecule has 0 radical (unpaired) electrons. The Morgan fingerprint density at radius 2 is 1.42 bits per heavy atom. The fourth-order valence-corrected chi connectivity index (χ4v) is 3.51. The Labute approximate surface area is 159 Å². The Morgan fingerprint density at radius 1 is 0.846 bits per heavy atom. The zero-order chi connectivity index (χ0) is 17.9. The van der Waals surface area contributed by atoms with Crippen molar-refractivity contribution in [1.82, 2.24) is 5.43 Å². The molecule has 0 saturated heterocycles. The van der Waals surface area contributed by atoms with Crippen LogP contribution in [0.1, 0.15) is 15.9 Å². The summed E-state index contributed by atoms with van der Waals surface area (Å²) in [5, 5.41) is 8.70. The van der Waals surface area contributed by atoms with Gasteiger partial charge in [0.2, 0.25) is 0 Å². The lowest BCUT2D eigenvalue weighted by Crippen LogP contribution is -2.18. The predicted molar refractivity (Wildman–Crippen MR) is 111 cm³/mol. The number of benzene rings is 4. The molecule has 0 fully saturated rings. The molecule has 0 atom stereocenters. The van der Waals surface area contributed by atoms with Crippen LogP contribution in [0.25, 0.3) is 21.5 Å². The first-order valence-corrected chi connectivity index (χ1v) is 9.02. The highest BCUT2D eigenvalue weighted by Gasteiger charge is 2.08. The molecule has 0 unspecified atom stereocenters. The van der Waals surface area contributed by atoms with E-state index in [2.05, 4.69) is 56.8 Å². The third-order valence-corrected chi connectivity index (χ3v) is 4.98. The van der Waals surface area contributed by atoms with Gasteiger partial charge >= 0.3 is 0 Å². The number of rotatable bonds is 3. The molecule has 126 valence electrons. The lowest BCUT2D eigenvalue weighted by atomic mass is 9.97. The van der Waals surface area contributed by atoms with Gasteiger partial charge in [0.15, 0.2) is 0 Å². The Kier molecular flexibility index (Phi) is 4.50. The van der Waals surface area contributed by atoms with Crippen LogP contribution in [0.5, 0.6) is 0 Å². The number of amides is 1. The van der Waals surface area contributed by atoms with Gasteiger partial charge in [0.25, 0.3) is 5.91 Å². The predicted octanol–water partition coefficient (Wildman–Crippen LogP) is 5.52. The Bertz CT molecular complexity index is 1100. The first-order chi connectivity index (χ1) is 12.7. The monoisotopic (exact) mass is 402 g/mol. The molecule has 3 nitrogen and oxygen atoms in total. The topological polar surface area (TPSA) is 41.5 Å². The second-order valence-corrected chi connectivity index (χ2v) is 6.77. The molecule has 0 aliphatic carbocycles. The number of nitrogens with one attached hydrogen (secondary N) is 1. The third kappa shape index (κ3) is 3.11. The molecule has 0 aliphatic rings. The van der Waals surface area contributed by atoms with E-state index in [4.69, 9.17) is 0 Å². The number of hydrogen-bond donors (Lipinski definition) is 1. The van der Waals surface area contributed by atoms with Gasteiger partial charge in [-0.15, -0.1) is 0 Å². The molecule has 1 N–H and O–H groups in total. The van der Waals surface area contributed by atoms with Crippen molar-refractivity contribution >= 4 is 49.6 Å². The highest BCUT2D eigenvalue weighted by atomic mass is 79.9. The quantitative estimate of drug-likeness (QED) is 0.273. The maximum atomic E-state index is 12.3. The number of nitrogens with zero attached hydrogens (tertiary/aromatic N) is 1. The Morgan fingerprint density at radius 3 is 2.08 bits per heavy atom. The molecule has 0 bridgehead atoms. The number of carbonyl (C=O) groups is 1. The lowest BCUT2D eigenvalue weighted by Gasteiger charge is -2.08. The van der Waals surface area contributed by atoms with Gasteiger partial charge in [-0.25, -0.2) is 5.43 Å². The van der Waals surface area contributed by atoms with E-state index in [1.165, 1.54) is 0 Å². The van der Waals surface area contributed by atoms with Crippen molar-refractivity contribution < 1.29 is 4.79 Å². The molecule has 4 rings (SSSR count). The summed E-state index contributed by atoms with van der Waals surface area (Å²) in [4.78, 5) is 12.3. The van der Waals surface area contributed by atoms with Crippen molar-refractivity contribution in [2.75, 3.05) is 0 Å². The summed E-state index contributed by atoms with van der Waals surface area (Å²) in [6, 6.07) is 25.8. The summed E-state index contributed by atoms with van der Waals surface area (Å²) < 4.78 is 0.739. The Balaban J connectivity index is 1.73. The van der Waals surface area contributed by atoms with Crippen LogP contribution in [-0.2, 0) is 0 Å². The van der Waals surface area contributed by atoms with Crippen LogP contribution in [-0.4, -0.2) is 12.1 Å². The van der Waals surface area contributed by atoms with E-state index >= 15 is 0 Å². The maximum absolute atomic E-state index is 12.3. The highest BCUT2D eigenvalue weighted by Crippen LogP contribution is 2.27. The summed E-state index contributed by atoms with van der Waals surface area (Å²) >= 11 is 3.39. The minimum atomic E-state index is -0.252. The standard InChI is InChI=1S/C22H15BrN2O/c23-21-12-6-5-11-19(21)22(26)25-24-14-20-17-9-3-1-7-15(17)13-16-8-2-4-10-18(16)20/h1-14H,(H,25,26)/b24-14-. The van der Waals surface area contributed by atoms with Crippen LogP contribution in [0, 0.1) is 0 Å². The van der Waals surface area contributed by atoms with Crippen molar-refractivity contribution in [2.45, 2.75) is 0 Å². The maximum Gasteiger partial charge on any atom is 0.272 e. The van der Waals surface area contributed by atoms with Gasteiger partial charge in [-0.1, -0.05) is 60.7 Å². The summed E-state index contributed by atoms with van der Waals surface area (Å²) in [6.45, 7) is 0. The van der Waals surface area contributed by atoms with Crippen molar-refractivity contribution in [2.24, 2.45) is 5.10 Å². The third-order valence-electron chi connectivity index (χ3n) is 4.29. The second-order valence-electron chi connectivity index (χ2n) is 5.91. The number of carbonyl (C=O) groups excluding carboxylic acids is 1. The number of fused-ring (bicyclic) bond motifs is 2. The molecule has 26 heavy (non-hydrogen) atoms. The largest absolute Gasteiger partial charge is 0.272 e. The summed E-state index contributed by atoms with van der Waals surface area (Å²) in [5.74, 6) is -0.252. The zero-order valence-corrected chi connectivity index (χ0v) is 15.4. The molecule has 4 aromatic rings. The lowest BCUT2D eigenvalue weighted by molar-refractivity contribution is 0.0954. The van der Waals surface area contributed by atoms with Crippen LogP contribution in [0.2, 0.25) is 0 Å². The van der Waals surface area contributed by atoms with Crippen LogP contribution < -0.4 is 5.43 Å². The molecule has 0 aromatic heterocycles. The fraction of sp³-hybridized carbons (Fsp3) is 0. The number of hydrogen-bond acceptors (Lipinski definition) is 2. The average Bonchev–Trinajstić information content (AvgIpc) is 2.67. The number of hydrazone groups is 1. The van der Waals surface area contributed by atoms with Gasteiger partial charge in [0, 0.05) is 10.0 Å². The highest BCUT2D eigenvalue weighted by molar-refractivity contribution is 9.10. The molecule has 0 saturated carbocycles. The van der Waals surface area contributed by atoms with E-state index < -0.39 is 0 Å². The Hall–Kier alpha value is -2.98. The van der Waals surface area contributed by atoms with Gasteiger partial charge in [0.05, 0.1) is 11.8 Å². The minimum Gasteiger partial charge on any atom is -0.267 e. The SMILES string of the molecule is O=C(N/N=C\c1c2ccccc2cc2ccccc12)c1ccccc1Br. The van der Waals surface area contributed by atoms with E-state index in [0.29, 0.717) is 5.56 Å². The smallest absolute Gasteiger partial charge is 0.267 e. The first kappa shape index (κ1) is 16.5. The number of halogens is 1. The average molecular weight is 403 g/mol. The van der Waals surface area contributed by atoms with E-state index in [9.17, 15) is 4.79 Å². The van der Waals surface area contributed by atoms with Crippen molar-refractivity contribution in [3.05, 3.63) is 94.5 Å². The molecular weight excluding hydrogens is 388 g/mol. The molecule has 1 amide bonds. The summed E-state index contributed by atoms with van der Waals surface area (Å²) in [7, 11) is 0. The van der Waals surface area contributed by atoms with Crippen LogP contribution in [0.4, 0.5) is 0 Å². The van der Waals surface area contributed by atoms with Gasteiger partial charge in [-0.2, -0.15) is 5.10 Å². The molecular formula is C22H15BrN2O. The van der Waals surface area contributed by atoms with Gasteiger partial charge in [-0.05, 0) is 55.7 Å². The van der Waals surface area contributed by atoms with E-state index in [-0.39, 0.29) is 5.91 Å². The molecule has 4 heteroatoms. The van der Waals surface area contributed by atoms with Crippen molar-refractivity contribution in [3.8, 4) is 0 Å².